The van der Waals surface area contributed by atoms with Crippen molar-refractivity contribution in [2.45, 2.75) is 12.5 Å². The van der Waals surface area contributed by atoms with Gasteiger partial charge in [-0.25, -0.2) is 9.59 Å². The zero-order valence-electron chi connectivity index (χ0n) is 19.3. The van der Waals surface area contributed by atoms with E-state index in [1.54, 1.807) is 55.8 Å². The predicted octanol–water partition coefficient (Wildman–Crippen LogP) is 3.15. The van der Waals surface area contributed by atoms with Crippen LogP contribution in [0.5, 0.6) is 23.0 Å². The van der Waals surface area contributed by atoms with Crippen molar-refractivity contribution in [3.05, 3.63) is 71.1 Å². The van der Waals surface area contributed by atoms with Gasteiger partial charge in [-0.1, -0.05) is 12.1 Å². The third kappa shape index (κ3) is 4.36. The number of rotatable bonds is 7. The second-order valence-electron chi connectivity index (χ2n) is 7.56. The zero-order valence-corrected chi connectivity index (χ0v) is 19.3. The zero-order chi connectivity index (χ0) is 24.2. The molecule has 0 bridgehead atoms. The van der Waals surface area contributed by atoms with Gasteiger partial charge >= 0.3 is 11.9 Å². The number of benzene rings is 2. The highest BCUT2D eigenvalue weighted by molar-refractivity contribution is 5.98. The van der Waals surface area contributed by atoms with Crippen molar-refractivity contribution in [1.82, 2.24) is 4.90 Å². The molecule has 2 aromatic carbocycles. The number of hydrogen-bond acceptors (Lipinski definition) is 9. The summed E-state index contributed by atoms with van der Waals surface area (Å²) in [5.41, 5.74) is 2.11. The van der Waals surface area contributed by atoms with Crippen molar-refractivity contribution in [2.24, 2.45) is 0 Å². The lowest BCUT2D eigenvalue weighted by molar-refractivity contribution is -0.137. The molecule has 2 aliphatic rings. The van der Waals surface area contributed by atoms with Gasteiger partial charge in [0.25, 0.3) is 0 Å². The summed E-state index contributed by atoms with van der Waals surface area (Å²) >= 11 is 0. The van der Waals surface area contributed by atoms with E-state index in [2.05, 4.69) is 0 Å². The molecule has 9 nitrogen and oxygen atoms in total. The SMILES string of the molecule is COC(=O)C1=CN(Cc2ccc(OC)c(OC)c2)C=C(C(=O)OC)C1c1ccc2c(c1)OCO2. The van der Waals surface area contributed by atoms with Crippen molar-refractivity contribution in [1.29, 1.82) is 0 Å². The average Bonchev–Trinajstić information content (AvgIpc) is 3.35. The second kappa shape index (κ2) is 9.78. The number of nitrogens with zero attached hydrogens (tertiary/aromatic N) is 1. The van der Waals surface area contributed by atoms with Gasteiger partial charge < -0.3 is 33.3 Å². The van der Waals surface area contributed by atoms with Crippen LogP contribution >= 0.6 is 0 Å². The Bertz CT molecular complexity index is 1140. The molecular weight excluding hydrogens is 442 g/mol. The summed E-state index contributed by atoms with van der Waals surface area (Å²) in [6.45, 7) is 0.469. The number of ether oxygens (including phenoxy) is 6. The minimum Gasteiger partial charge on any atom is -0.493 e. The molecule has 0 amide bonds. The van der Waals surface area contributed by atoms with Gasteiger partial charge in [-0.15, -0.1) is 0 Å². The fraction of sp³-hybridized carbons (Fsp3) is 0.280. The van der Waals surface area contributed by atoms with Crippen molar-refractivity contribution < 1.29 is 38.0 Å². The van der Waals surface area contributed by atoms with E-state index in [0.717, 1.165) is 5.56 Å². The highest BCUT2D eigenvalue weighted by Gasteiger charge is 2.36. The molecule has 0 fully saturated rings. The first kappa shape index (κ1) is 23.0. The lowest BCUT2D eigenvalue weighted by Gasteiger charge is -2.30. The summed E-state index contributed by atoms with van der Waals surface area (Å²) in [6.07, 6.45) is 3.34. The standard InChI is InChI=1S/C25H25NO8/c1-29-19-7-5-15(9-21(19)30-2)11-26-12-17(24(27)31-3)23(18(13-26)25(28)32-4)16-6-8-20-22(10-16)34-14-33-20/h5-10,12-13,23H,11,14H2,1-4H3. The summed E-state index contributed by atoms with van der Waals surface area (Å²) in [5.74, 6) is 0.481. The molecule has 0 atom stereocenters. The Morgan fingerprint density at radius 3 is 2.12 bits per heavy atom. The lowest BCUT2D eigenvalue weighted by atomic mass is 9.83. The Morgan fingerprint density at radius 1 is 0.853 bits per heavy atom. The van der Waals surface area contributed by atoms with Crippen LogP contribution in [0.1, 0.15) is 17.0 Å². The van der Waals surface area contributed by atoms with Gasteiger partial charge in [0.2, 0.25) is 6.79 Å². The fourth-order valence-electron chi connectivity index (χ4n) is 4.02. The Kier molecular flexibility index (Phi) is 6.62. The van der Waals surface area contributed by atoms with Crippen molar-refractivity contribution in [3.63, 3.8) is 0 Å². The number of hydrogen-bond donors (Lipinski definition) is 0. The summed E-state index contributed by atoms with van der Waals surface area (Å²) < 4.78 is 31.7. The number of carbonyl (C=O) groups excluding carboxylic acids is 2. The van der Waals surface area contributed by atoms with Crippen LogP contribution in [0.15, 0.2) is 59.9 Å². The Balaban J connectivity index is 1.75. The minimum absolute atomic E-state index is 0.113. The molecule has 9 heteroatoms. The highest BCUT2D eigenvalue weighted by atomic mass is 16.7. The van der Waals surface area contributed by atoms with Gasteiger partial charge in [0, 0.05) is 18.9 Å². The second-order valence-corrected chi connectivity index (χ2v) is 7.56. The normalized spacial score (nSPS) is 14.8. The average molecular weight is 467 g/mol. The van der Waals surface area contributed by atoms with E-state index in [0.29, 0.717) is 35.1 Å². The molecule has 0 radical (unpaired) electrons. The number of methoxy groups -OCH3 is 4. The quantitative estimate of drug-likeness (QED) is 0.570. The maximum absolute atomic E-state index is 12.8. The van der Waals surface area contributed by atoms with E-state index >= 15 is 0 Å². The van der Waals surface area contributed by atoms with E-state index in [9.17, 15) is 9.59 Å². The predicted molar refractivity (Wildman–Crippen MR) is 121 cm³/mol. The van der Waals surface area contributed by atoms with Gasteiger partial charge in [-0.3, -0.25) is 0 Å². The maximum Gasteiger partial charge on any atom is 0.336 e. The summed E-state index contributed by atoms with van der Waals surface area (Å²) in [5, 5.41) is 0. The van der Waals surface area contributed by atoms with E-state index < -0.39 is 17.9 Å². The van der Waals surface area contributed by atoms with Crippen LogP contribution in [0.2, 0.25) is 0 Å². The summed E-state index contributed by atoms with van der Waals surface area (Å²) in [6, 6.07) is 10.8. The first-order valence-corrected chi connectivity index (χ1v) is 10.4. The first-order valence-electron chi connectivity index (χ1n) is 10.4. The number of carbonyl (C=O) groups is 2. The Morgan fingerprint density at radius 2 is 1.50 bits per heavy atom. The summed E-state index contributed by atoms with van der Waals surface area (Å²) in [4.78, 5) is 27.4. The third-order valence-corrected chi connectivity index (χ3v) is 5.62. The first-order chi connectivity index (χ1) is 16.5. The highest BCUT2D eigenvalue weighted by Crippen LogP contribution is 2.42. The smallest absolute Gasteiger partial charge is 0.336 e. The van der Waals surface area contributed by atoms with E-state index in [1.165, 1.54) is 14.2 Å². The lowest BCUT2D eigenvalue weighted by Crippen LogP contribution is -2.28. The minimum atomic E-state index is -0.712. The van der Waals surface area contributed by atoms with Crippen LogP contribution < -0.4 is 18.9 Å². The van der Waals surface area contributed by atoms with Crippen LogP contribution in [0.25, 0.3) is 0 Å². The molecule has 0 spiro atoms. The molecule has 2 aliphatic heterocycles. The molecule has 0 saturated carbocycles. The summed E-state index contributed by atoms with van der Waals surface area (Å²) in [7, 11) is 5.72. The van der Waals surface area contributed by atoms with E-state index in [1.807, 2.05) is 12.1 Å². The largest absolute Gasteiger partial charge is 0.493 e. The Labute approximate surface area is 197 Å². The molecule has 0 unspecified atom stereocenters. The fourth-order valence-corrected chi connectivity index (χ4v) is 4.02. The topological polar surface area (TPSA) is 92.8 Å². The van der Waals surface area contributed by atoms with Gasteiger partial charge in [-0.2, -0.15) is 0 Å². The maximum atomic E-state index is 12.8. The van der Waals surface area contributed by atoms with E-state index in [-0.39, 0.29) is 17.9 Å². The van der Waals surface area contributed by atoms with Gasteiger partial charge in [0.1, 0.15) is 0 Å². The molecule has 34 heavy (non-hydrogen) atoms. The molecule has 0 N–H and O–H groups in total. The third-order valence-electron chi connectivity index (χ3n) is 5.62. The molecule has 2 aromatic rings. The van der Waals surface area contributed by atoms with Gasteiger partial charge in [0.05, 0.1) is 45.5 Å². The molecule has 0 aliphatic carbocycles. The molecule has 0 aromatic heterocycles. The van der Waals surface area contributed by atoms with Crippen molar-refractivity contribution >= 4 is 11.9 Å². The number of esters is 2. The van der Waals surface area contributed by atoms with Crippen molar-refractivity contribution in [3.8, 4) is 23.0 Å². The van der Waals surface area contributed by atoms with Crippen LogP contribution in [0.4, 0.5) is 0 Å². The van der Waals surface area contributed by atoms with Gasteiger partial charge in [-0.05, 0) is 35.4 Å². The van der Waals surface area contributed by atoms with Gasteiger partial charge in [0.15, 0.2) is 23.0 Å². The van der Waals surface area contributed by atoms with E-state index in [4.69, 9.17) is 28.4 Å². The molecule has 0 saturated heterocycles. The monoisotopic (exact) mass is 467 g/mol. The van der Waals surface area contributed by atoms with Crippen molar-refractivity contribution in [2.75, 3.05) is 35.2 Å². The molecule has 178 valence electrons. The number of fused-ring (bicyclic) bond motifs is 1. The Hall–Kier alpha value is -4.14. The van der Waals surface area contributed by atoms with Crippen LogP contribution in [-0.2, 0) is 25.6 Å². The van der Waals surface area contributed by atoms with Crippen LogP contribution in [0.3, 0.4) is 0 Å². The molecular formula is C25H25NO8. The van der Waals surface area contributed by atoms with Crippen LogP contribution in [0, 0.1) is 0 Å². The molecule has 4 rings (SSSR count). The molecule has 2 heterocycles. The van der Waals surface area contributed by atoms with Crippen LogP contribution in [-0.4, -0.2) is 52.1 Å².